The summed E-state index contributed by atoms with van der Waals surface area (Å²) in [5.74, 6) is -0.273. The monoisotopic (exact) mass is 315 g/mol. The highest BCUT2D eigenvalue weighted by Crippen LogP contribution is 2.31. The quantitative estimate of drug-likeness (QED) is 0.875. The third-order valence-corrected chi connectivity index (χ3v) is 4.32. The van der Waals surface area contributed by atoms with E-state index in [4.69, 9.17) is 28.9 Å². The van der Waals surface area contributed by atoms with Crippen LogP contribution in [0.5, 0.6) is 0 Å². The molecular formula is C14H19Cl2N3O. The fraction of sp³-hybridized carbons (Fsp3) is 0.500. The van der Waals surface area contributed by atoms with Crippen molar-refractivity contribution < 1.29 is 4.79 Å². The van der Waals surface area contributed by atoms with E-state index < -0.39 is 0 Å². The Morgan fingerprint density at radius 2 is 2.00 bits per heavy atom. The van der Waals surface area contributed by atoms with Crippen LogP contribution in [0, 0.1) is 0 Å². The maximum absolute atomic E-state index is 11.1. The maximum atomic E-state index is 11.1. The number of hydrogen-bond donors (Lipinski definition) is 2. The molecule has 1 heterocycles. The number of hydrogen-bond acceptors (Lipinski definition) is 3. The van der Waals surface area contributed by atoms with Crippen molar-refractivity contribution in [3.8, 4) is 0 Å². The van der Waals surface area contributed by atoms with Crippen LogP contribution >= 0.6 is 23.2 Å². The highest BCUT2D eigenvalue weighted by Gasteiger charge is 2.23. The van der Waals surface area contributed by atoms with Gasteiger partial charge in [0.2, 0.25) is 5.91 Å². The Balaban J connectivity index is 2.19. The second kappa shape index (κ2) is 7.27. The smallest absolute Gasteiger partial charge is 0.217 e. The highest BCUT2D eigenvalue weighted by atomic mass is 35.5. The Kier molecular flexibility index (Phi) is 5.66. The number of nitrogens with one attached hydrogen (secondary N) is 1. The van der Waals surface area contributed by atoms with Crippen LogP contribution in [0.4, 0.5) is 0 Å². The lowest BCUT2D eigenvalue weighted by Crippen LogP contribution is -2.45. The molecule has 0 spiro atoms. The molecule has 0 radical (unpaired) electrons. The molecule has 1 unspecified atom stereocenters. The number of primary amides is 1. The molecule has 2 rings (SSSR count). The van der Waals surface area contributed by atoms with Crippen molar-refractivity contribution in [2.45, 2.75) is 18.9 Å². The standard InChI is InChI=1S/C14H19Cl2N3O/c15-11-2-1-10(9-12(11)16)13(3-4-14(17)20)19-7-5-18-6-8-19/h1-2,9,13,18H,3-8H2,(H2,17,20). The number of nitrogens with zero attached hydrogens (tertiary/aromatic N) is 1. The topological polar surface area (TPSA) is 58.4 Å². The van der Waals surface area contributed by atoms with Crippen molar-refractivity contribution in [2.24, 2.45) is 5.73 Å². The Morgan fingerprint density at radius 1 is 1.30 bits per heavy atom. The van der Waals surface area contributed by atoms with Gasteiger partial charge in [-0.2, -0.15) is 0 Å². The van der Waals surface area contributed by atoms with Gasteiger partial charge in [-0.15, -0.1) is 0 Å². The number of carbonyl (C=O) groups is 1. The van der Waals surface area contributed by atoms with Crippen molar-refractivity contribution >= 4 is 29.1 Å². The highest BCUT2D eigenvalue weighted by molar-refractivity contribution is 6.42. The fourth-order valence-electron chi connectivity index (χ4n) is 2.55. The molecule has 1 aromatic rings. The van der Waals surface area contributed by atoms with E-state index in [1.807, 2.05) is 12.1 Å². The maximum Gasteiger partial charge on any atom is 0.217 e. The summed E-state index contributed by atoms with van der Waals surface area (Å²) in [6.07, 6.45) is 1.07. The van der Waals surface area contributed by atoms with Crippen LogP contribution in [0.1, 0.15) is 24.4 Å². The minimum atomic E-state index is -0.273. The summed E-state index contributed by atoms with van der Waals surface area (Å²) in [5, 5.41) is 4.42. The van der Waals surface area contributed by atoms with Gasteiger partial charge in [0.1, 0.15) is 0 Å². The lowest BCUT2D eigenvalue weighted by atomic mass is 9.99. The molecule has 1 aliphatic rings. The predicted octanol–water partition coefficient (Wildman–Crippen LogP) is 2.21. The molecular weight excluding hydrogens is 297 g/mol. The minimum absolute atomic E-state index is 0.152. The SMILES string of the molecule is NC(=O)CCC(c1ccc(Cl)c(Cl)c1)N1CCNCC1. The Hall–Kier alpha value is -0.810. The summed E-state index contributed by atoms with van der Waals surface area (Å²) in [5.41, 5.74) is 6.37. The molecule has 6 heteroatoms. The number of nitrogens with two attached hydrogens (primary N) is 1. The van der Waals surface area contributed by atoms with Gasteiger partial charge in [0, 0.05) is 38.6 Å². The van der Waals surface area contributed by atoms with E-state index in [9.17, 15) is 4.79 Å². The largest absolute Gasteiger partial charge is 0.370 e. The van der Waals surface area contributed by atoms with E-state index in [-0.39, 0.29) is 11.9 Å². The van der Waals surface area contributed by atoms with E-state index in [0.29, 0.717) is 22.9 Å². The Labute approximate surface area is 129 Å². The van der Waals surface area contributed by atoms with Gasteiger partial charge in [0.15, 0.2) is 0 Å². The minimum Gasteiger partial charge on any atom is -0.370 e. The molecule has 0 aromatic heterocycles. The zero-order valence-corrected chi connectivity index (χ0v) is 12.8. The zero-order chi connectivity index (χ0) is 14.5. The molecule has 1 atom stereocenters. The third kappa shape index (κ3) is 4.09. The van der Waals surface area contributed by atoms with Crippen LogP contribution in [-0.2, 0) is 4.79 Å². The van der Waals surface area contributed by atoms with Gasteiger partial charge in [-0.1, -0.05) is 29.3 Å². The van der Waals surface area contributed by atoms with Crippen LogP contribution in [-0.4, -0.2) is 37.0 Å². The van der Waals surface area contributed by atoms with Gasteiger partial charge in [0.05, 0.1) is 10.0 Å². The van der Waals surface area contributed by atoms with Crippen molar-refractivity contribution in [1.29, 1.82) is 0 Å². The van der Waals surface area contributed by atoms with Crippen LogP contribution in [0.3, 0.4) is 0 Å². The Bertz CT molecular complexity index is 475. The van der Waals surface area contributed by atoms with Gasteiger partial charge in [-0.25, -0.2) is 0 Å². The first-order valence-electron chi connectivity index (χ1n) is 6.76. The van der Waals surface area contributed by atoms with Gasteiger partial charge in [-0.3, -0.25) is 9.69 Å². The summed E-state index contributed by atoms with van der Waals surface area (Å²) in [6.45, 7) is 3.80. The molecule has 0 bridgehead atoms. The molecule has 1 aliphatic heterocycles. The van der Waals surface area contributed by atoms with Crippen LogP contribution < -0.4 is 11.1 Å². The molecule has 110 valence electrons. The fourth-order valence-corrected chi connectivity index (χ4v) is 2.86. The number of benzene rings is 1. The average molecular weight is 316 g/mol. The molecule has 1 fully saturated rings. The first-order chi connectivity index (χ1) is 9.58. The van der Waals surface area contributed by atoms with E-state index in [1.54, 1.807) is 6.07 Å². The molecule has 0 saturated carbocycles. The predicted molar refractivity (Wildman–Crippen MR) is 82.1 cm³/mol. The average Bonchev–Trinajstić information content (AvgIpc) is 2.44. The number of rotatable bonds is 5. The van der Waals surface area contributed by atoms with Crippen molar-refractivity contribution in [3.05, 3.63) is 33.8 Å². The lowest BCUT2D eigenvalue weighted by Gasteiger charge is -2.35. The van der Waals surface area contributed by atoms with E-state index in [2.05, 4.69) is 10.2 Å². The summed E-state index contributed by atoms with van der Waals surface area (Å²) < 4.78 is 0. The number of amides is 1. The third-order valence-electron chi connectivity index (χ3n) is 3.58. The lowest BCUT2D eigenvalue weighted by molar-refractivity contribution is -0.118. The van der Waals surface area contributed by atoms with Crippen LogP contribution in [0.2, 0.25) is 10.0 Å². The molecule has 1 aromatic carbocycles. The normalized spacial score (nSPS) is 17.9. The molecule has 1 saturated heterocycles. The number of carbonyl (C=O) groups excluding carboxylic acids is 1. The number of halogens is 2. The van der Waals surface area contributed by atoms with E-state index in [1.165, 1.54) is 0 Å². The van der Waals surface area contributed by atoms with Crippen molar-refractivity contribution in [3.63, 3.8) is 0 Å². The first-order valence-corrected chi connectivity index (χ1v) is 7.51. The van der Waals surface area contributed by atoms with Gasteiger partial charge in [0.25, 0.3) is 0 Å². The van der Waals surface area contributed by atoms with Gasteiger partial charge in [-0.05, 0) is 24.1 Å². The summed E-state index contributed by atoms with van der Waals surface area (Å²) in [4.78, 5) is 13.4. The zero-order valence-electron chi connectivity index (χ0n) is 11.2. The number of piperazine rings is 1. The van der Waals surface area contributed by atoms with E-state index in [0.717, 1.165) is 31.7 Å². The van der Waals surface area contributed by atoms with Crippen LogP contribution in [0.25, 0.3) is 0 Å². The molecule has 20 heavy (non-hydrogen) atoms. The van der Waals surface area contributed by atoms with Crippen molar-refractivity contribution in [1.82, 2.24) is 10.2 Å². The summed E-state index contributed by atoms with van der Waals surface area (Å²) >= 11 is 12.1. The van der Waals surface area contributed by atoms with Gasteiger partial charge < -0.3 is 11.1 Å². The first kappa shape index (κ1) is 15.6. The molecule has 0 aliphatic carbocycles. The Morgan fingerprint density at radius 3 is 2.60 bits per heavy atom. The van der Waals surface area contributed by atoms with Gasteiger partial charge >= 0.3 is 0 Å². The summed E-state index contributed by atoms with van der Waals surface area (Å²) in [6, 6.07) is 5.82. The molecule has 4 nitrogen and oxygen atoms in total. The summed E-state index contributed by atoms with van der Waals surface area (Å²) in [7, 11) is 0. The molecule has 3 N–H and O–H groups in total. The van der Waals surface area contributed by atoms with E-state index >= 15 is 0 Å². The molecule has 1 amide bonds. The second-order valence-electron chi connectivity index (χ2n) is 4.98. The van der Waals surface area contributed by atoms with Crippen molar-refractivity contribution in [2.75, 3.05) is 26.2 Å². The van der Waals surface area contributed by atoms with Crippen LogP contribution in [0.15, 0.2) is 18.2 Å². The second-order valence-corrected chi connectivity index (χ2v) is 5.79.